The second kappa shape index (κ2) is 10.6. The first-order valence-corrected chi connectivity index (χ1v) is 11.5. The lowest BCUT2D eigenvalue weighted by Gasteiger charge is -2.21. The van der Waals surface area contributed by atoms with Crippen LogP contribution in [0.5, 0.6) is 0 Å². The molecule has 1 atom stereocenters. The van der Waals surface area contributed by atoms with Crippen LogP contribution in [0, 0.1) is 11.7 Å². The number of carbonyl (C=O) groups excluding carboxylic acids is 2. The zero-order chi connectivity index (χ0) is 24.1. The molecule has 0 radical (unpaired) electrons. The summed E-state index contributed by atoms with van der Waals surface area (Å²) in [6, 6.07) is 7.38. The van der Waals surface area contributed by atoms with Gasteiger partial charge < -0.3 is 16.0 Å². The molecule has 2 heterocycles. The quantitative estimate of drug-likeness (QED) is 0.403. The number of benzene rings is 1. The second-order valence-corrected chi connectivity index (χ2v) is 8.83. The third-order valence-corrected chi connectivity index (χ3v) is 6.15. The molecule has 1 saturated carbocycles. The van der Waals surface area contributed by atoms with E-state index in [1.807, 2.05) is 0 Å². The summed E-state index contributed by atoms with van der Waals surface area (Å²) in [6.07, 6.45) is 9.59. The van der Waals surface area contributed by atoms with Crippen molar-refractivity contribution < 1.29 is 14.0 Å². The number of hydrogen-bond acceptors (Lipinski definition) is 5. The summed E-state index contributed by atoms with van der Waals surface area (Å²) in [5, 5.41) is 12.5. The van der Waals surface area contributed by atoms with Crippen LogP contribution in [0.2, 0.25) is 5.15 Å². The van der Waals surface area contributed by atoms with E-state index in [1.54, 1.807) is 48.4 Å². The normalized spacial score (nSPS) is 14.6. The Hall–Kier alpha value is -3.46. The maximum absolute atomic E-state index is 14.2. The Morgan fingerprint density at radius 1 is 1.24 bits per heavy atom. The highest BCUT2D eigenvalue weighted by atomic mass is 35.5. The van der Waals surface area contributed by atoms with E-state index in [1.165, 1.54) is 12.3 Å². The molecule has 2 amide bonds. The first kappa shape index (κ1) is 23.7. The Morgan fingerprint density at radius 2 is 2.03 bits per heavy atom. The Labute approximate surface area is 201 Å². The molecule has 1 fully saturated rings. The number of carbonyl (C=O) groups is 2. The summed E-state index contributed by atoms with van der Waals surface area (Å²) < 4.78 is 15.8. The summed E-state index contributed by atoms with van der Waals surface area (Å²) in [7, 11) is 1.76. The van der Waals surface area contributed by atoms with Crippen molar-refractivity contribution in [2.45, 2.75) is 38.1 Å². The Bertz CT molecular complexity index is 1180. The van der Waals surface area contributed by atoms with E-state index in [0.29, 0.717) is 29.3 Å². The third-order valence-electron chi connectivity index (χ3n) is 5.89. The Morgan fingerprint density at radius 3 is 2.76 bits per heavy atom. The van der Waals surface area contributed by atoms with Crippen LogP contribution in [-0.4, -0.2) is 32.6 Å². The molecule has 178 valence electrons. The number of hydrogen-bond donors (Lipinski definition) is 3. The summed E-state index contributed by atoms with van der Waals surface area (Å²) in [6.45, 7) is 0. The van der Waals surface area contributed by atoms with Crippen LogP contribution in [0.4, 0.5) is 21.5 Å². The van der Waals surface area contributed by atoms with Gasteiger partial charge >= 0.3 is 0 Å². The highest BCUT2D eigenvalue weighted by Crippen LogP contribution is 2.29. The van der Waals surface area contributed by atoms with Gasteiger partial charge in [0.05, 0.1) is 17.6 Å². The van der Waals surface area contributed by atoms with Crippen LogP contribution >= 0.6 is 11.6 Å². The maximum atomic E-state index is 14.2. The number of halogens is 2. The lowest BCUT2D eigenvalue weighted by Crippen LogP contribution is -2.44. The monoisotopic (exact) mass is 484 g/mol. The van der Waals surface area contributed by atoms with Crippen LogP contribution in [0.1, 0.15) is 42.5 Å². The number of anilines is 3. The van der Waals surface area contributed by atoms with Gasteiger partial charge in [-0.1, -0.05) is 43.4 Å². The number of pyridine rings is 1. The smallest absolute Gasteiger partial charge is 0.252 e. The van der Waals surface area contributed by atoms with Crippen LogP contribution in [0.15, 0.2) is 48.9 Å². The first-order chi connectivity index (χ1) is 16.4. The zero-order valence-electron chi connectivity index (χ0n) is 18.7. The van der Waals surface area contributed by atoms with E-state index < -0.39 is 11.9 Å². The minimum absolute atomic E-state index is 0.146. The molecule has 1 aliphatic rings. The van der Waals surface area contributed by atoms with Crippen LogP contribution in [0.25, 0.3) is 0 Å². The SMILES string of the molecule is Cn1cc(NC(=O)C(CC2CCCC2)NC(=O)c2cccc(Nc3ccnc(Cl)c3F)c2)cn1. The summed E-state index contributed by atoms with van der Waals surface area (Å²) >= 11 is 5.74. The van der Waals surface area contributed by atoms with E-state index in [2.05, 4.69) is 26.0 Å². The number of aryl methyl sites for hydroxylation is 1. The standard InChI is InChI=1S/C24H26ClFN6O2/c1-32-14-18(13-28-32)30-24(34)20(11-15-5-2-3-6-15)31-23(33)16-7-4-8-17(12-16)29-19-9-10-27-22(25)21(19)26/h4,7-10,12-15,20H,2-3,5-6,11H2,1H3,(H,27,29)(H,30,34)(H,31,33). The number of rotatable bonds is 8. The molecular formula is C24H26ClFN6O2. The van der Waals surface area contributed by atoms with Gasteiger partial charge in [-0.05, 0) is 36.6 Å². The largest absolute Gasteiger partial charge is 0.353 e. The lowest BCUT2D eigenvalue weighted by molar-refractivity contribution is -0.118. The summed E-state index contributed by atoms with van der Waals surface area (Å²) in [5.74, 6) is -0.961. The number of amides is 2. The molecule has 1 aromatic carbocycles. The first-order valence-electron chi connectivity index (χ1n) is 11.2. The van der Waals surface area contributed by atoms with Gasteiger partial charge in [-0.25, -0.2) is 9.37 Å². The van der Waals surface area contributed by atoms with Crippen molar-refractivity contribution in [2.24, 2.45) is 13.0 Å². The minimum atomic E-state index is -0.691. The third kappa shape index (κ3) is 5.91. The van der Waals surface area contributed by atoms with Crippen molar-refractivity contribution in [2.75, 3.05) is 10.6 Å². The van der Waals surface area contributed by atoms with Gasteiger partial charge in [0.1, 0.15) is 6.04 Å². The van der Waals surface area contributed by atoms with E-state index in [4.69, 9.17) is 11.6 Å². The van der Waals surface area contributed by atoms with Crippen LogP contribution in [-0.2, 0) is 11.8 Å². The molecule has 8 nitrogen and oxygen atoms in total. The molecule has 3 N–H and O–H groups in total. The molecule has 10 heteroatoms. The molecule has 0 spiro atoms. The predicted octanol–water partition coefficient (Wildman–Crippen LogP) is 4.67. The average molecular weight is 485 g/mol. The van der Waals surface area contributed by atoms with Crippen molar-refractivity contribution in [1.29, 1.82) is 0 Å². The molecule has 34 heavy (non-hydrogen) atoms. The van der Waals surface area contributed by atoms with Gasteiger partial charge in [0.25, 0.3) is 5.91 Å². The molecule has 0 saturated heterocycles. The molecule has 0 bridgehead atoms. The number of nitrogens with one attached hydrogen (secondary N) is 3. The molecule has 0 aliphatic heterocycles. The fourth-order valence-corrected chi connectivity index (χ4v) is 4.33. The van der Waals surface area contributed by atoms with E-state index in [-0.39, 0.29) is 22.7 Å². The van der Waals surface area contributed by atoms with Gasteiger partial charge in [-0.2, -0.15) is 5.10 Å². The van der Waals surface area contributed by atoms with Gasteiger partial charge in [-0.15, -0.1) is 0 Å². The Balaban J connectivity index is 1.48. The molecule has 1 aliphatic carbocycles. The Kier molecular flexibility index (Phi) is 7.42. The minimum Gasteiger partial charge on any atom is -0.353 e. The molecule has 2 aromatic heterocycles. The predicted molar refractivity (Wildman–Crippen MR) is 129 cm³/mol. The zero-order valence-corrected chi connectivity index (χ0v) is 19.5. The highest BCUT2D eigenvalue weighted by molar-refractivity contribution is 6.29. The average Bonchev–Trinajstić information content (AvgIpc) is 3.48. The highest BCUT2D eigenvalue weighted by Gasteiger charge is 2.27. The van der Waals surface area contributed by atoms with Gasteiger partial charge in [0, 0.05) is 30.7 Å². The molecule has 1 unspecified atom stereocenters. The fourth-order valence-electron chi connectivity index (χ4n) is 4.18. The second-order valence-electron chi connectivity index (χ2n) is 8.47. The fraction of sp³-hybridized carbons (Fsp3) is 0.333. The number of aromatic nitrogens is 3. The van der Waals surface area contributed by atoms with Gasteiger partial charge in [-0.3, -0.25) is 14.3 Å². The van der Waals surface area contributed by atoms with Crippen LogP contribution < -0.4 is 16.0 Å². The van der Waals surface area contributed by atoms with Crippen LogP contribution in [0.3, 0.4) is 0 Å². The summed E-state index contributed by atoms with van der Waals surface area (Å²) in [4.78, 5) is 29.8. The molecular weight excluding hydrogens is 459 g/mol. The topological polar surface area (TPSA) is 101 Å². The van der Waals surface area contributed by atoms with Crippen molar-refractivity contribution >= 4 is 40.5 Å². The maximum Gasteiger partial charge on any atom is 0.252 e. The van der Waals surface area contributed by atoms with Crippen molar-refractivity contribution in [3.63, 3.8) is 0 Å². The van der Waals surface area contributed by atoms with Gasteiger partial charge in [0.2, 0.25) is 5.91 Å². The van der Waals surface area contributed by atoms with Gasteiger partial charge in [0.15, 0.2) is 11.0 Å². The number of nitrogens with zero attached hydrogens (tertiary/aromatic N) is 3. The van der Waals surface area contributed by atoms with E-state index in [0.717, 1.165) is 25.7 Å². The van der Waals surface area contributed by atoms with Crippen molar-refractivity contribution in [3.05, 3.63) is 65.5 Å². The van der Waals surface area contributed by atoms with E-state index in [9.17, 15) is 14.0 Å². The summed E-state index contributed by atoms with van der Waals surface area (Å²) in [5.41, 5.74) is 1.56. The lowest BCUT2D eigenvalue weighted by atomic mass is 9.97. The van der Waals surface area contributed by atoms with E-state index >= 15 is 0 Å². The molecule has 3 aromatic rings. The van der Waals surface area contributed by atoms with Crippen molar-refractivity contribution in [1.82, 2.24) is 20.1 Å². The molecule has 4 rings (SSSR count). The van der Waals surface area contributed by atoms with Crippen molar-refractivity contribution in [3.8, 4) is 0 Å².